The van der Waals surface area contributed by atoms with E-state index in [-0.39, 0.29) is 0 Å². The van der Waals surface area contributed by atoms with E-state index in [9.17, 15) is 0 Å². The van der Waals surface area contributed by atoms with Gasteiger partial charge in [0, 0.05) is 25.1 Å². The second-order valence-electron chi connectivity index (χ2n) is 2.98. The van der Waals surface area contributed by atoms with Crippen LogP contribution in [0.5, 0.6) is 0 Å². The Morgan fingerprint density at radius 1 is 1.36 bits per heavy atom. The molecule has 0 fully saturated rings. The number of allylic oxidation sites excluding steroid dienone is 3. The smallest absolute Gasteiger partial charge is 0.124 e. The molecular weight excluding hydrogens is 136 g/mol. The van der Waals surface area contributed by atoms with Gasteiger partial charge in [-0.2, -0.15) is 0 Å². The Kier molecular flexibility index (Phi) is 1.28. The standard InChI is InChI=1S/C9H12N2/c1-8-4-3-5-9-10(2)6-7-11(8)9/h3-7,9H,1-2H3. The van der Waals surface area contributed by atoms with Crippen LogP contribution in [0.4, 0.5) is 0 Å². The van der Waals surface area contributed by atoms with Crippen molar-refractivity contribution in [3.63, 3.8) is 0 Å². The van der Waals surface area contributed by atoms with Gasteiger partial charge in [0.05, 0.1) is 0 Å². The zero-order valence-corrected chi connectivity index (χ0v) is 6.86. The molecule has 0 aromatic carbocycles. The predicted octanol–water partition coefficient (Wildman–Crippen LogP) is 1.50. The lowest BCUT2D eigenvalue weighted by Crippen LogP contribution is -2.34. The van der Waals surface area contributed by atoms with Crippen molar-refractivity contribution in [1.82, 2.24) is 9.80 Å². The molecule has 2 aliphatic rings. The van der Waals surface area contributed by atoms with Gasteiger partial charge >= 0.3 is 0 Å². The molecule has 2 rings (SSSR count). The number of likely N-dealkylation sites (N-methyl/N-ethyl adjacent to an activating group) is 1. The van der Waals surface area contributed by atoms with E-state index in [4.69, 9.17) is 0 Å². The average Bonchev–Trinajstić information content (AvgIpc) is 2.35. The highest BCUT2D eigenvalue weighted by atomic mass is 15.4. The zero-order valence-electron chi connectivity index (χ0n) is 6.86. The third-order valence-electron chi connectivity index (χ3n) is 2.19. The third kappa shape index (κ3) is 0.862. The second kappa shape index (κ2) is 2.16. The summed E-state index contributed by atoms with van der Waals surface area (Å²) >= 11 is 0. The Morgan fingerprint density at radius 2 is 2.18 bits per heavy atom. The van der Waals surface area contributed by atoms with Crippen LogP contribution in [0.2, 0.25) is 0 Å². The van der Waals surface area contributed by atoms with Crippen molar-refractivity contribution in [1.29, 1.82) is 0 Å². The molecule has 0 spiro atoms. The molecule has 0 amide bonds. The Hall–Kier alpha value is -1.18. The molecule has 0 N–H and O–H groups in total. The first-order valence-electron chi connectivity index (χ1n) is 3.83. The molecule has 0 radical (unpaired) electrons. The molecule has 0 saturated heterocycles. The van der Waals surface area contributed by atoms with Crippen molar-refractivity contribution >= 4 is 0 Å². The topological polar surface area (TPSA) is 6.48 Å². The minimum atomic E-state index is 0.417. The molecule has 0 saturated carbocycles. The van der Waals surface area contributed by atoms with Crippen molar-refractivity contribution < 1.29 is 0 Å². The van der Waals surface area contributed by atoms with Crippen LogP contribution in [0.25, 0.3) is 0 Å². The fraction of sp³-hybridized carbons (Fsp3) is 0.333. The minimum Gasteiger partial charge on any atom is -0.356 e. The van der Waals surface area contributed by atoms with Gasteiger partial charge in [-0.15, -0.1) is 0 Å². The Morgan fingerprint density at radius 3 is 2.91 bits per heavy atom. The molecule has 11 heavy (non-hydrogen) atoms. The largest absolute Gasteiger partial charge is 0.356 e. The Bertz CT molecular complexity index is 250. The number of rotatable bonds is 0. The van der Waals surface area contributed by atoms with Crippen LogP contribution in [-0.2, 0) is 0 Å². The van der Waals surface area contributed by atoms with Crippen LogP contribution in [-0.4, -0.2) is 23.0 Å². The number of nitrogens with zero attached hydrogens (tertiary/aromatic N) is 2. The minimum absolute atomic E-state index is 0.417. The van der Waals surface area contributed by atoms with Crippen molar-refractivity contribution in [3.8, 4) is 0 Å². The zero-order chi connectivity index (χ0) is 7.84. The highest BCUT2D eigenvalue weighted by Crippen LogP contribution is 2.23. The molecule has 1 atom stereocenters. The third-order valence-corrected chi connectivity index (χ3v) is 2.19. The number of hydrogen-bond donors (Lipinski definition) is 0. The lowest BCUT2D eigenvalue weighted by atomic mass is 10.2. The van der Waals surface area contributed by atoms with Crippen LogP contribution in [0.15, 0.2) is 36.3 Å². The van der Waals surface area contributed by atoms with Crippen LogP contribution in [0, 0.1) is 0 Å². The van der Waals surface area contributed by atoms with Crippen molar-refractivity contribution in [2.75, 3.05) is 7.05 Å². The van der Waals surface area contributed by atoms with Gasteiger partial charge in [-0.3, -0.25) is 0 Å². The van der Waals surface area contributed by atoms with E-state index >= 15 is 0 Å². The molecular formula is C9H12N2. The van der Waals surface area contributed by atoms with Gasteiger partial charge in [-0.1, -0.05) is 6.08 Å². The van der Waals surface area contributed by atoms with Gasteiger partial charge in [0.15, 0.2) is 0 Å². The molecule has 2 aliphatic heterocycles. The van der Waals surface area contributed by atoms with Gasteiger partial charge in [-0.05, 0) is 19.1 Å². The van der Waals surface area contributed by atoms with Crippen molar-refractivity contribution in [2.24, 2.45) is 0 Å². The van der Waals surface area contributed by atoms with Gasteiger partial charge in [0.2, 0.25) is 0 Å². The monoisotopic (exact) mass is 148 g/mol. The summed E-state index contributed by atoms with van der Waals surface area (Å²) in [5.74, 6) is 0. The van der Waals surface area contributed by atoms with E-state index in [2.05, 4.69) is 54.4 Å². The van der Waals surface area contributed by atoms with Crippen LogP contribution in [0.1, 0.15) is 6.92 Å². The summed E-state index contributed by atoms with van der Waals surface area (Å²) in [6.07, 6.45) is 11.0. The molecule has 2 heteroatoms. The average molecular weight is 148 g/mol. The summed E-state index contributed by atoms with van der Waals surface area (Å²) in [7, 11) is 2.09. The molecule has 58 valence electrons. The summed E-state index contributed by atoms with van der Waals surface area (Å²) in [4.78, 5) is 4.44. The molecule has 2 nitrogen and oxygen atoms in total. The fourth-order valence-corrected chi connectivity index (χ4v) is 1.48. The highest BCUT2D eigenvalue weighted by Gasteiger charge is 2.23. The number of hydrogen-bond acceptors (Lipinski definition) is 2. The van der Waals surface area contributed by atoms with E-state index in [1.54, 1.807) is 0 Å². The normalized spacial score (nSPS) is 27.5. The molecule has 1 unspecified atom stereocenters. The Labute approximate surface area is 67.1 Å². The highest BCUT2D eigenvalue weighted by molar-refractivity contribution is 5.24. The van der Waals surface area contributed by atoms with E-state index in [1.165, 1.54) is 5.70 Å². The molecule has 0 aromatic rings. The Balaban J connectivity index is 2.30. The molecule has 0 aliphatic carbocycles. The van der Waals surface area contributed by atoms with Crippen molar-refractivity contribution in [3.05, 3.63) is 36.3 Å². The summed E-state index contributed by atoms with van der Waals surface area (Å²) in [6, 6.07) is 0. The van der Waals surface area contributed by atoms with Crippen LogP contribution >= 0.6 is 0 Å². The lowest BCUT2D eigenvalue weighted by Gasteiger charge is -2.30. The van der Waals surface area contributed by atoms with E-state index in [0.29, 0.717) is 6.17 Å². The first-order chi connectivity index (χ1) is 5.29. The molecule has 2 heterocycles. The maximum atomic E-state index is 2.25. The SMILES string of the molecule is CC1=CC=CC2N(C)C=CN12. The van der Waals surface area contributed by atoms with Crippen LogP contribution in [0.3, 0.4) is 0 Å². The maximum absolute atomic E-state index is 2.25. The first kappa shape index (κ1) is 6.53. The summed E-state index contributed by atoms with van der Waals surface area (Å²) < 4.78 is 0. The second-order valence-corrected chi connectivity index (χ2v) is 2.98. The number of fused-ring (bicyclic) bond motifs is 1. The maximum Gasteiger partial charge on any atom is 0.124 e. The van der Waals surface area contributed by atoms with Gasteiger partial charge in [0.25, 0.3) is 0 Å². The summed E-state index contributed by atoms with van der Waals surface area (Å²) in [5.41, 5.74) is 1.30. The van der Waals surface area contributed by atoms with Gasteiger partial charge < -0.3 is 9.80 Å². The van der Waals surface area contributed by atoms with Gasteiger partial charge in [-0.25, -0.2) is 0 Å². The van der Waals surface area contributed by atoms with E-state index < -0.39 is 0 Å². The lowest BCUT2D eigenvalue weighted by molar-refractivity contribution is 0.260. The molecule has 0 aromatic heterocycles. The summed E-state index contributed by atoms with van der Waals surface area (Å²) in [6.45, 7) is 2.12. The van der Waals surface area contributed by atoms with Crippen molar-refractivity contribution in [2.45, 2.75) is 13.1 Å². The van der Waals surface area contributed by atoms with Gasteiger partial charge in [0.1, 0.15) is 6.17 Å². The predicted molar refractivity (Wildman–Crippen MR) is 45.4 cm³/mol. The fourth-order valence-electron chi connectivity index (χ4n) is 1.48. The quantitative estimate of drug-likeness (QED) is 0.513. The van der Waals surface area contributed by atoms with E-state index in [1.807, 2.05) is 0 Å². The summed E-state index contributed by atoms with van der Waals surface area (Å²) in [5, 5.41) is 0. The first-order valence-corrected chi connectivity index (χ1v) is 3.83. The molecule has 0 bridgehead atoms. The van der Waals surface area contributed by atoms with E-state index in [0.717, 1.165) is 0 Å². The van der Waals surface area contributed by atoms with Crippen LogP contribution < -0.4 is 0 Å².